The van der Waals surface area contributed by atoms with Crippen molar-refractivity contribution < 1.29 is 5.11 Å². The first-order chi connectivity index (χ1) is 12.0. The first kappa shape index (κ1) is 17.4. The molecule has 1 N–H and O–H groups in total. The van der Waals surface area contributed by atoms with Crippen LogP contribution in [-0.4, -0.2) is 11.3 Å². The monoisotopic (exact) mass is 347 g/mol. The van der Waals surface area contributed by atoms with Crippen molar-refractivity contribution in [3.8, 4) is 5.75 Å². The van der Waals surface area contributed by atoms with E-state index in [1.807, 2.05) is 49.5 Å². The Bertz CT molecular complexity index is 917. The topological polar surface area (TPSA) is 32.6 Å². The molecule has 0 saturated carbocycles. The smallest absolute Gasteiger partial charge is 0.126 e. The van der Waals surface area contributed by atoms with Crippen molar-refractivity contribution in [1.29, 1.82) is 0 Å². The first-order valence-electron chi connectivity index (χ1n) is 8.30. The molecule has 0 aliphatic heterocycles. The zero-order chi connectivity index (χ0) is 17.8. The van der Waals surface area contributed by atoms with Crippen LogP contribution in [0.4, 0.5) is 5.69 Å². The molecule has 0 aliphatic carbocycles. The van der Waals surface area contributed by atoms with Crippen LogP contribution in [0.2, 0.25) is 0 Å². The minimum Gasteiger partial charge on any atom is -0.507 e. The van der Waals surface area contributed by atoms with E-state index in [9.17, 15) is 5.11 Å². The highest BCUT2D eigenvalue weighted by Crippen LogP contribution is 2.24. The summed E-state index contributed by atoms with van der Waals surface area (Å²) >= 11 is 0. The van der Waals surface area contributed by atoms with Gasteiger partial charge in [-0.15, -0.1) is 0 Å². The zero-order valence-electron chi connectivity index (χ0n) is 14.7. The van der Waals surface area contributed by atoms with Crippen molar-refractivity contribution in [3.63, 3.8) is 0 Å². The van der Waals surface area contributed by atoms with Gasteiger partial charge in [-0.1, -0.05) is 50.5 Å². The number of nitrogens with zero attached hydrogens (tertiary/aromatic N) is 1. The Morgan fingerprint density at radius 1 is 0.840 bits per heavy atom. The molecule has 2 nitrogen and oxygen atoms in total. The van der Waals surface area contributed by atoms with Crippen LogP contribution in [0.25, 0.3) is 0 Å². The van der Waals surface area contributed by atoms with Gasteiger partial charge in [0.05, 0.1) is 5.69 Å². The molecule has 3 heteroatoms. The fourth-order valence-electron chi connectivity index (χ4n) is 2.76. The van der Waals surface area contributed by atoms with E-state index in [1.54, 1.807) is 0 Å². The molecule has 126 valence electrons. The Hall–Kier alpha value is -2.44. The second kappa shape index (κ2) is 7.63. The van der Waals surface area contributed by atoms with Gasteiger partial charge in [0.15, 0.2) is 0 Å². The zero-order valence-corrected chi connectivity index (χ0v) is 15.7. The fourth-order valence-corrected chi connectivity index (χ4v) is 4.11. The molecule has 0 aliphatic rings. The molecule has 0 bridgehead atoms. The average Bonchev–Trinajstić information content (AvgIpc) is 2.60. The van der Waals surface area contributed by atoms with Gasteiger partial charge in [0.1, 0.15) is 5.75 Å². The van der Waals surface area contributed by atoms with E-state index in [0.717, 1.165) is 22.1 Å². The van der Waals surface area contributed by atoms with Crippen molar-refractivity contribution in [2.24, 2.45) is 4.99 Å². The molecule has 0 spiro atoms. The predicted octanol–water partition coefficient (Wildman–Crippen LogP) is 4.70. The third kappa shape index (κ3) is 4.35. The summed E-state index contributed by atoms with van der Waals surface area (Å²) in [5.74, 6) is 0.399. The molecule has 0 heterocycles. The number of hydrogen-bond acceptors (Lipinski definition) is 2. The molecule has 25 heavy (non-hydrogen) atoms. The summed E-state index contributed by atoms with van der Waals surface area (Å²) in [6.07, 6.45) is 1.92. The molecule has 0 fully saturated rings. The van der Waals surface area contributed by atoms with Gasteiger partial charge in [-0.05, 0) is 61.5 Å². The Kier molecular flexibility index (Phi) is 5.31. The van der Waals surface area contributed by atoms with Gasteiger partial charge in [-0.3, -0.25) is 4.99 Å². The number of para-hydroxylation sites is 1. The average molecular weight is 347 g/mol. The van der Waals surface area contributed by atoms with Gasteiger partial charge in [0.2, 0.25) is 0 Å². The maximum absolute atomic E-state index is 10.4. The Morgan fingerprint density at radius 2 is 1.60 bits per heavy atom. The predicted molar refractivity (Wildman–Crippen MR) is 110 cm³/mol. The number of rotatable bonds is 4. The van der Waals surface area contributed by atoms with Crippen LogP contribution < -0.4 is 10.6 Å². The number of hydrogen-bond donors (Lipinski definition) is 1. The Labute approximate surface area is 151 Å². The van der Waals surface area contributed by atoms with Crippen LogP contribution in [0.15, 0.2) is 65.7 Å². The summed E-state index contributed by atoms with van der Waals surface area (Å²) in [5.41, 5.74) is 5.33. The van der Waals surface area contributed by atoms with E-state index >= 15 is 0 Å². The molecular formula is C22H22NOP. The van der Waals surface area contributed by atoms with E-state index in [2.05, 4.69) is 43.1 Å². The molecule has 1 atom stereocenters. The second-order valence-corrected chi connectivity index (χ2v) is 7.61. The molecule has 3 rings (SSSR count). The van der Waals surface area contributed by atoms with Gasteiger partial charge in [0.25, 0.3) is 0 Å². The van der Waals surface area contributed by atoms with Crippen molar-refractivity contribution >= 4 is 31.1 Å². The summed E-state index contributed by atoms with van der Waals surface area (Å²) in [7, 11) is 0.390. The van der Waals surface area contributed by atoms with Crippen molar-refractivity contribution in [2.45, 2.75) is 20.8 Å². The fraction of sp³-hybridized carbons (Fsp3) is 0.136. The molecule has 3 aromatic rings. The van der Waals surface area contributed by atoms with E-state index < -0.39 is 0 Å². The maximum atomic E-state index is 10.4. The summed E-state index contributed by atoms with van der Waals surface area (Å²) in [6, 6.07) is 20.4. The lowest BCUT2D eigenvalue weighted by Gasteiger charge is -2.12. The third-order valence-electron chi connectivity index (χ3n) is 4.03. The van der Waals surface area contributed by atoms with Crippen molar-refractivity contribution in [3.05, 3.63) is 82.9 Å². The quantitative estimate of drug-likeness (QED) is 0.539. The van der Waals surface area contributed by atoms with E-state index in [4.69, 9.17) is 0 Å². The normalized spacial score (nSPS) is 11.6. The minimum atomic E-state index is 0.390. The molecular weight excluding hydrogens is 325 g/mol. The van der Waals surface area contributed by atoms with Gasteiger partial charge >= 0.3 is 0 Å². The summed E-state index contributed by atoms with van der Waals surface area (Å²) in [5, 5.41) is 12.6. The molecule has 0 aromatic heterocycles. The van der Waals surface area contributed by atoms with Crippen molar-refractivity contribution in [1.82, 2.24) is 0 Å². The maximum Gasteiger partial charge on any atom is 0.126 e. The lowest BCUT2D eigenvalue weighted by Crippen LogP contribution is -2.10. The van der Waals surface area contributed by atoms with Crippen LogP contribution in [-0.2, 0) is 0 Å². The highest BCUT2D eigenvalue weighted by atomic mass is 31.1. The van der Waals surface area contributed by atoms with Crippen LogP contribution in [0.3, 0.4) is 0 Å². The van der Waals surface area contributed by atoms with E-state index in [1.165, 1.54) is 16.4 Å². The molecule has 3 aromatic carbocycles. The summed E-state index contributed by atoms with van der Waals surface area (Å²) in [4.78, 5) is 4.59. The van der Waals surface area contributed by atoms with Gasteiger partial charge in [0, 0.05) is 17.1 Å². The number of aromatic hydroxyl groups is 1. The highest BCUT2D eigenvalue weighted by Gasteiger charge is 2.09. The molecule has 0 radical (unpaired) electrons. The first-order valence-corrected chi connectivity index (χ1v) is 9.30. The van der Waals surface area contributed by atoms with Gasteiger partial charge in [-0.25, -0.2) is 0 Å². The van der Waals surface area contributed by atoms with Crippen molar-refractivity contribution in [2.75, 3.05) is 0 Å². The van der Waals surface area contributed by atoms with Crippen LogP contribution in [0.5, 0.6) is 5.75 Å². The lowest BCUT2D eigenvalue weighted by molar-refractivity contribution is 0.475. The number of aryl methyl sites for hydroxylation is 3. The number of benzene rings is 3. The highest BCUT2D eigenvalue weighted by molar-refractivity contribution is 7.56. The number of phenolic OH excluding ortho intramolecular Hbond substituents is 1. The van der Waals surface area contributed by atoms with Crippen LogP contribution >= 0.6 is 8.58 Å². The number of aliphatic imine (C=N–C) groups is 1. The summed E-state index contributed by atoms with van der Waals surface area (Å²) in [6.45, 7) is 6.09. The standard InChI is InChI=1S/C22H22NOP/c1-15-9-10-20(25-21-13-16(2)11-17(3)22(21)24)18(12-15)14-23-19-7-5-4-6-8-19/h4-14,24-25H,1-3H3. The second-order valence-electron chi connectivity index (χ2n) is 6.29. The van der Waals surface area contributed by atoms with Crippen LogP contribution in [0.1, 0.15) is 22.3 Å². The molecule has 1 unspecified atom stereocenters. The lowest BCUT2D eigenvalue weighted by atomic mass is 10.1. The largest absolute Gasteiger partial charge is 0.507 e. The Morgan fingerprint density at radius 3 is 2.36 bits per heavy atom. The van der Waals surface area contributed by atoms with E-state index in [-0.39, 0.29) is 0 Å². The third-order valence-corrected chi connectivity index (χ3v) is 5.41. The minimum absolute atomic E-state index is 0.390. The van der Waals surface area contributed by atoms with E-state index in [0.29, 0.717) is 14.3 Å². The van der Waals surface area contributed by atoms with Gasteiger partial charge < -0.3 is 5.11 Å². The SMILES string of the molecule is Cc1ccc(Pc2cc(C)cc(C)c2O)c(C=Nc2ccccc2)c1. The Balaban J connectivity index is 1.96. The van der Waals surface area contributed by atoms with Gasteiger partial charge in [-0.2, -0.15) is 0 Å². The number of phenols is 1. The molecule has 0 saturated heterocycles. The van der Waals surface area contributed by atoms with Crippen LogP contribution in [0, 0.1) is 20.8 Å². The molecule has 0 amide bonds. The summed E-state index contributed by atoms with van der Waals surface area (Å²) < 4.78 is 0.